The van der Waals surface area contributed by atoms with Gasteiger partial charge in [-0.2, -0.15) is 0 Å². The number of hydrogen-bond acceptors (Lipinski definition) is 4. The summed E-state index contributed by atoms with van der Waals surface area (Å²) >= 11 is 0. The van der Waals surface area contributed by atoms with Crippen molar-refractivity contribution in [3.05, 3.63) is 18.2 Å². The topological polar surface area (TPSA) is 53.7 Å². The van der Waals surface area contributed by atoms with E-state index in [1.807, 2.05) is 13.0 Å². The molecular formula is C11H15NO3. The van der Waals surface area contributed by atoms with E-state index < -0.39 is 0 Å². The Balaban J connectivity index is 2.05. The van der Waals surface area contributed by atoms with Crippen LogP contribution in [0.3, 0.4) is 0 Å². The summed E-state index contributed by atoms with van der Waals surface area (Å²) < 4.78 is 16.5. The van der Waals surface area contributed by atoms with E-state index >= 15 is 0 Å². The highest BCUT2D eigenvalue weighted by Crippen LogP contribution is 2.33. The molecule has 0 saturated carbocycles. The van der Waals surface area contributed by atoms with Gasteiger partial charge >= 0.3 is 0 Å². The van der Waals surface area contributed by atoms with Crippen LogP contribution in [0.5, 0.6) is 11.5 Å². The Labute approximate surface area is 88.9 Å². The van der Waals surface area contributed by atoms with Crippen molar-refractivity contribution in [1.82, 2.24) is 0 Å². The van der Waals surface area contributed by atoms with E-state index in [4.69, 9.17) is 19.9 Å². The number of anilines is 1. The van der Waals surface area contributed by atoms with Gasteiger partial charge in [0.05, 0.1) is 6.61 Å². The summed E-state index contributed by atoms with van der Waals surface area (Å²) in [4.78, 5) is 0. The molecule has 0 aliphatic carbocycles. The van der Waals surface area contributed by atoms with Gasteiger partial charge in [0.25, 0.3) is 0 Å². The van der Waals surface area contributed by atoms with Gasteiger partial charge < -0.3 is 19.9 Å². The molecule has 1 aromatic carbocycles. The Morgan fingerprint density at radius 2 is 2.33 bits per heavy atom. The van der Waals surface area contributed by atoms with E-state index in [1.165, 1.54) is 0 Å². The highest BCUT2D eigenvalue weighted by atomic mass is 16.6. The van der Waals surface area contributed by atoms with E-state index in [-0.39, 0.29) is 6.10 Å². The van der Waals surface area contributed by atoms with Gasteiger partial charge in [-0.25, -0.2) is 0 Å². The smallest absolute Gasteiger partial charge is 0.163 e. The van der Waals surface area contributed by atoms with E-state index in [1.54, 1.807) is 12.1 Å². The van der Waals surface area contributed by atoms with Crippen molar-refractivity contribution < 1.29 is 14.2 Å². The lowest BCUT2D eigenvalue weighted by atomic mass is 10.2. The third-order valence-electron chi connectivity index (χ3n) is 2.19. The zero-order valence-electron chi connectivity index (χ0n) is 8.73. The fraction of sp³-hybridized carbons (Fsp3) is 0.455. The van der Waals surface area contributed by atoms with E-state index in [2.05, 4.69) is 0 Å². The molecule has 0 spiro atoms. The third-order valence-corrected chi connectivity index (χ3v) is 2.19. The van der Waals surface area contributed by atoms with Crippen molar-refractivity contribution in [2.45, 2.75) is 13.0 Å². The summed E-state index contributed by atoms with van der Waals surface area (Å²) in [7, 11) is 0. The van der Waals surface area contributed by atoms with Crippen molar-refractivity contribution in [1.29, 1.82) is 0 Å². The average molecular weight is 209 g/mol. The lowest BCUT2D eigenvalue weighted by Crippen LogP contribution is -2.33. The summed E-state index contributed by atoms with van der Waals surface area (Å²) in [6.45, 7) is 3.71. The first kappa shape index (κ1) is 10.1. The Kier molecular flexibility index (Phi) is 2.97. The lowest BCUT2D eigenvalue weighted by Gasteiger charge is -2.26. The molecule has 0 amide bonds. The molecule has 1 aliphatic rings. The molecule has 1 atom stereocenters. The second-order valence-corrected chi connectivity index (χ2v) is 3.42. The van der Waals surface area contributed by atoms with Gasteiger partial charge in [-0.1, -0.05) is 0 Å². The standard InChI is InChI=1S/C11H15NO3/c1-2-13-6-9-7-14-10-4-3-8(12)5-11(10)15-9/h3-5,9H,2,6-7,12H2,1H3. The van der Waals surface area contributed by atoms with Crippen LogP contribution >= 0.6 is 0 Å². The number of nitrogen functional groups attached to an aromatic ring is 1. The normalized spacial score (nSPS) is 18.9. The molecule has 0 fully saturated rings. The van der Waals surface area contributed by atoms with Gasteiger partial charge in [0, 0.05) is 18.4 Å². The fourth-order valence-corrected chi connectivity index (χ4v) is 1.46. The molecule has 4 nitrogen and oxygen atoms in total. The molecular weight excluding hydrogens is 194 g/mol. The van der Waals surface area contributed by atoms with Gasteiger partial charge in [-0.15, -0.1) is 0 Å². The number of ether oxygens (including phenoxy) is 3. The van der Waals surface area contributed by atoms with E-state index in [0.717, 1.165) is 5.75 Å². The predicted octanol–water partition coefficient (Wildman–Crippen LogP) is 1.45. The molecule has 1 aliphatic heterocycles. The third kappa shape index (κ3) is 2.33. The van der Waals surface area contributed by atoms with Crippen molar-refractivity contribution in [3.63, 3.8) is 0 Å². The van der Waals surface area contributed by atoms with Crippen LogP contribution in [0.15, 0.2) is 18.2 Å². The predicted molar refractivity (Wildman–Crippen MR) is 57.3 cm³/mol. The maximum atomic E-state index is 5.68. The van der Waals surface area contributed by atoms with E-state index in [9.17, 15) is 0 Å². The first-order chi connectivity index (χ1) is 7.29. The Morgan fingerprint density at radius 1 is 1.47 bits per heavy atom. The molecule has 1 unspecified atom stereocenters. The maximum absolute atomic E-state index is 5.68. The molecule has 0 aromatic heterocycles. The van der Waals surface area contributed by atoms with Gasteiger partial charge in [-0.3, -0.25) is 0 Å². The Bertz CT molecular complexity index is 341. The lowest BCUT2D eigenvalue weighted by molar-refractivity contribution is 0.0128. The van der Waals surface area contributed by atoms with Crippen LogP contribution in [0.2, 0.25) is 0 Å². The van der Waals surface area contributed by atoms with Gasteiger partial charge in [0.15, 0.2) is 17.6 Å². The molecule has 0 bridgehead atoms. The minimum absolute atomic E-state index is 0.0424. The zero-order valence-corrected chi connectivity index (χ0v) is 8.73. The number of benzene rings is 1. The Morgan fingerprint density at radius 3 is 3.13 bits per heavy atom. The number of rotatable bonds is 3. The number of hydrogen-bond donors (Lipinski definition) is 1. The molecule has 4 heteroatoms. The summed E-state index contributed by atoms with van der Waals surface area (Å²) in [5, 5.41) is 0. The molecule has 15 heavy (non-hydrogen) atoms. The summed E-state index contributed by atoms with van der Waals surface area (Å²) in [5.74, 6) is 1.45. The molecule has 1 aromatic rings. The van der Waals surface area contributed by atoms with Crippen LogP contribution < -0.4 is 15.2 Å². The van der Waals surface area contributed by atoms with E-state index in [0.29, 0.717) is 31.3 Å². The SMILES string of the molecule is CCOCC1COc2ccc(N)cc2O1. The molecule has 82 valence electrons. The summed E-state index contributed by atoms with van der Waals surface area (Å²) in [5.41, 5.74) is 6.34. The Hall–Kier alpha value is -1.42. The van der Waals surface area contributed by atoms with Gasteiger partial charge in [0.1, 0.15) is 6.61 Å². The molecule has 0 saturated heterocycles. The number of fused-ring (bicyclic) bond motifs is 1. The monoisotopic (exact) mass is 209 g/mol. The quantitative estimate of drug-likeness (QED) is 0.765. The van der Waals surface area contributed by atoms with Crippen LogP contribution in [0.4, 0.5) is 5.69 Å². The van der Waals surface area contributed by atoms with Crippen molar-refractivity contribution >= 4 is 5.69 Å². The first-order valence-electron chi connectivity index (χ1n) is 5.06. The zero-order chi connectivity index (χ0) is 10.7. The molecule has 2 rings (SSSR count). The number of nitrogens with two attached hydrogens (primary N) is 1. The van der Waals surface area contributed by atoms with Crippen LogP contribution in [0, 0.1) is 0 Å². The van der Waals surface area contributed by atoms with Crippen molar-refractivity contribution in [2.75, 3.05) is 25.6 Å². The maximum Gasteiger partial charge on any atom is 0.163 e. The minimum Gasteiger partial charge on any atom is -0.486 e. The van der Waals surface area contributed by atoms with Crippen LogP contribution in [0.1, 0.15) is 6.92 Å². The first-order valence-corrected chi connectivity index (χ1v) is 5.06. The van der Waals surface area contributed by atoms with Gasteiger partial charge in [-0.05, 0) is 19.1 Å². The highest BCUT2D eigenvalue weighted by Gasteiger charge is 2.20. The average Bonchev–Trinajstić information content (AvgIpc) is 2.25. The van der Waals surface area contributed by atoms with Crippen molar-refractivity contribution in [3.8, 4) is 11.5 Å². The van der Waals surface area contributed by atoms with Gasteiger partial charge in [0.2, 0.25) is 0 Å². The minimum atomic E-state index is -0.0424. The second kappa shape index (κ2) is 4.40. The molecule has 2 N–H and O–H groups in total. The highest BCUT2D eigenvalue weighted by molar-refractivity contribution is 5.52. The largest absolute Gasteiger partial charge is 0.486 e. The van der Waals surface area contributed by atoms with Crippen LogP contribution in [0.25, 0.3) is 0 Å². The van der Waals surface area contributed by atoms with Crippen LogP contribution in [-0.2, 0) is 4.74 Å². The molecule has 1 heterocycles. The van der Waals surface area contributed by atoms with Crippen LogP contribution in [-0.4, -0.2) is 25.9 Å². The second-order valence-electron chi connectivity index (χ2n) is 3.42. The fourth-order valence-electron chi connectivity index (χ4n) is 1.46. The van der Waals surface area contributed by atoms with Crippen molar-refractivity contribution in [2.24, 2.45) is 0 Å². The summed E-state index contributed by atoms with van der Waals surface area (Å²) in [6.07, 6.45) is -0.0424. The summed E-state index contributed by atoms with van der Waals surface area (Å²) in [6, 6.07) is 5.39. The molecule has 0 radical (unpaired) electrons.